The van der Waals surface area contributed by atoms with Crippen LogP contribution in [0.2, 0.25) is 0 Å². The fourth-order valence-corrected chi connectivity index (χ4v) is 2.49. The molecule has 24 heavy (non-hydrogen) atoms. The van der Waals surface area contributed by atoms with Crippen molar-refractivity contribution >= 4 is 24.0 Å². The zero-order chi connectivity index (χ0) is 16.2. The van der Waals surface area contributed by atoms with Crippen molar-refractivity contribution in [1.29, 1.82) is 0 Å². The average Bonchev–Trinajstić information content (AvgIpc) is 2.98. The molecule has 1 saturated heterocycles. The zero-order valence-corrected chi connectivity index (χ0v) is 14.2. The van der Waals surface area contributed by atoms with Gasteiger partial charge in [-0.15, -0.1) is 12.4 Å². The van der Waals surface area contributed by atoms with Gasteiger partial charge in [0.05, 0.1) is 12.1 Å². The fraction of sp³-hybridized carbons (Fsp3) is 0.278. The summed E-state index contributed by atoms with van der Waals surface area (Å²) in [5, 5.41) is 15.3. The summed E-state index contributed by atoms with van der Waals surface area (Å²) < 4.78 is 5.75. The predicted octanol–water partition coefficient (Wildman–Crippen LogP) is 2.87. The highest BCUT2D eigenvalue weighted by Crippen LogP contribution is 2.23. The van der Waals surface area contributed by atoms with Gasteiger partial charge in [-0.3, -0.25) is 4.79 Å². The van der Waals surface area contributed by atoms with E-state index in [1.807, 2.05) is 43.3 Å². The number of anilines is 1. The van der Waals surface area contributed by atoms with Gasteiger partial charge in [-0.25, -0.2) is 0 Å². The van der Waals surface area contributed by atoms with E-state index in [2.05, 4.69) is 10.6 Å². The van der Waals surface area contributed by atoms with Crippen molar-refractivity contribution in [2.45, 2.75) is 25.5 Å². The summed E-state index contributed by atoms with van der Waals surface area (Å²) in [7, 11) is 0. The van der Waals surface area contributed by atoms with Crippen molar-refractivity contribution in [3.05, 3.63) is 54.1 Å². The molecule has 2 unspecified atom stereocenters. The average molecular weight is 349 g/mol. The lowest BCUT2D eigenvalue weighted by Gasteiger charge is -2.12. The van der Waals surface area contributed by atoms with E-state index in [1.54, 1.807) is 12.1 Å². The number of β-amino-alcohol motifs (C(OH)–C–C–N with tert-alkyl or cyclic N) is 1. The van der Waals surface area contributed by atoms with Crippen LogP contribution in [-0.4, -0.2) is 29.7 Å². The highest BCUT2D eigenvalue weighted by molar-refractivity contribution is 5.95. The molecule has 0 aromatic heterocycles. The Bertz CT molecular complexity index is 674. The molecule has 0 radical (unpaired) electrons. The third-order valence-corrected chi connectivity index (χ3v) is 3.80. The van der Waals surface area contributed by atoms with E-state index >= 15 is 0 Å². The monoisotopic (exact) mass is 348 g/mol. The van der Waals surface area contributed by atoms with Crippen LogP contribution in [0.3, 0.4) is 0 Å². The molecular weight excluding hydrogens is 328 g/mol. The zero-order valence-electron chi connectivity index (χ0n) is 13.4. The number of carbonyl (C=O) groups is 1. The summed E-state index contributed by atoms with van der Waals surface area (Å²) >= 11 is 0. The second kappa shape index (κ2) is 8.15. The largest absolute Gasteiger partial charge is 0.457 e. The number of carbonyl (C=O) groups excluding carboxylic acids is 1. The Labute approximate surface area is 147 Å². The van der Waals surface area contributed by atoms with E-state index in [4.69, 9.17) is 4.74 Å². The Morgan fingerprint density at radius 3 is 2.25 bits per heavy atom. The van der Waals surface area contributed by atoms with Gasteiger partial charge in [-0.2, -0.15) is 0 Å². The van der Waals surface area contributed by atoms with Gasteiger partial charge in [0.1, 0.15) is 11.5 Å². The van der Waals surface area contributed by atoms with Crippen LogP contribution in [0.5, 0.6) is 11.5 Å². The Kier molecular flexibility index (Phi) is 6.20. The normalized spacial score (nSPS) is 19.4. The number of aryl methyl sites for hydroxylation is 1. The first kappa shape index (κ1) is 18.3. The molecule has 0 spiro atoms. The number of hydrogen-bond acceptors (Lipinski definition) is 4. The van der Waals surface area contributed by atoms with Crippen LogP contribution < -0.4 is 15.4 Å². The molecule has 2 atom stereocenters. The number of rotatable bonds is 4. The van der Waals surface area contributed by atoms with E-state index in [0.717, 1.165) is 5.75 Å². The predicted molar refractivity (Wildman–Crippen MR) is 96.0 cm³/mol. The number of aliphatic hydroxyl groups excluding tert-OH is 1. The summed E-state index contributed by atoms with van der Waals surface area (Å²) in [5.41, 5.74) is 1.88. The molecule has 1 aliphatic rings. The van der Waals surface area contributed by atoms with Gasteiger partial charge in [0.2, 0.25) is 5.91 Å². The van der Waals surface area contributed by atoms with Crippen molar-refractivity contribution in [3.63, 3.8) is 0 Å². The molecule has 0 saturated carbocycles. The second-order valence-electron chi connectivity index (χ2n) is 5.78. The van der Waals surface area contributed by atoms with Crippen LogP contribution in [0.4, 0.5) is 5.69 Å². The van der Waals surface area contributed by atoms with Gasteiger partial charge in [0.15, 0.2) is 0 Å². The van der Waals surface area contributed by atoms with Gasteiger partial charge in [0.25, 0.3) is 0 Å². The summed E-state index contributed by atoms with van der Waals surface area (Å²) in [5.74, 6) is 1.35. The van der Waals surface area contributed by atoms with Gasteiger partial charge < -0.3 is 20.5 Å². The number of ether oxygens (including phenoxy) is 1. The number of nitrogens with one attached hydrogen (secondary N) is 2. The summed E-state index contributed by atoms with van der Waals surface area (Å²) in [6, 6.07) is 14.7. The summed E-state index contributed by atoms with van der Waals surface area (Å²) in [4.78, 5) is 12.1. The SMILES string of the molecule is Cc1ccc(Oc2ccc(NC(=O)C3CC(O)CN3)cc2)cc1.Cl. The molecule has 0 bridgehead atoms. The van der Waals surface area contributed by atoms with E-state index in [9.17, 15) is 9.90 Å². The first-order chi connectivity index (χ1) is 11.1. The summed E-state index contributed by atoms with van der Waals surface area (Å²) in [6.07, 6.45) is -0.00322. The van der Waals surface area contributed by atoms with Gasteiger partial charge in [0, 0.05) is 12.2 Å². The topological polar surface area (TPSA) is 70.6 Å². The molecule has 1 amide bonds. The smallest absolute Gasteiger partial charge is 0.241 e. The minimum absolute atomic E-state index is 0. The van der Waals surface area contributed by atoms with Crippen LogP contribution >= 0.6 is 12.4 Å². The van der Waals surface area contributed by atoms with E-state index in [-0.39, 0.29) is 24.4 Å². The van der Waals surface area contributed by atoms with Crippen LogP contribution in [-0.2, 0) is 4.79 Å². The van der Waals surface area contributed by atoms with E-state index < -0.39 is 6.10 Å². The van der Waals surface area contributed by atoms with Gasteiger partial charge in [-0.05, 0) is 49.7 Å². The number of amides is 1. The molecule has 128 valence electrons. The Balaban J connectivity index is 0.00000208. The minimum Gasteiger partial charge on any atom is -0.457 e. The lowest BCUT2D eigenvalue weighted by Crippen LogP contribution is -2.35. The van der Waals surface area contributed by atoms with Crippen LogP contribution in [0, 0.1) is 6.92 Å². The standard InChI is InChI=1S/C18H20N2O3.ClH/c1-12-2-6-15(7-3-12)23-16-8-4-13(5-9-16)20-18(22)17-10-14(21)11-19-17;/h2-9,14,17,19,21H,10-11H2,1H3,(H,20,22);1H. The molecule has 1 heterocycles. The van der Waals surface area contributed by atoms with Crippen LogP contribution in [0.25, 0.3) is 0 Å². The molecule has 2 aromatic carbocycles. The highest BCUT2D eigenvalue weighted by atomic mass is 35.5. The maximum atomic E-state index is 12.1. The van der Waals surface area contributed by atoms with Crippen molar-refractivity contribution in [2.75, 3.05) is 11.9 Å². The van der Waals surface area contributed by atoms with Crippen LogP contribution in [0.1, 0.15) is 12.0 Å². The molecule has 0 aliphatic carbocycles. The van der Waals surface area contributed by atoms with Crippen molar-refractivity contribution in [3.8, 4) is 11.5 Å². The number of halogens is 1. The number of benzene rings is 2. The van der Waals surface area contributed by atoms with Gasteiger partial charge in [-0.1, -0.05) is 17.7 Å². The van der Waals surface area contributed by atoms with Crippen LogP contribution in [0.15, 0.2) is 48.5 Å². The lowest BCUT2D eigenvalue weighted by molar-refractivity contribution is -0.117. The minimum atomic E-state index is -0.448. The molecule has 6 heteroatoms. The highest BCUT2D eigenvalue weighted by Gasteiger charge is 2.27. The molecule has 3 N–H and O–H groups in total. The first-order valence-electron chi connectivity index (χ1n) is 7.67. The summed E-state index contributed by atoms with van der Waals surface area (Å²) in [6.45, 7) is 2.49. The maximum absolute atomic E-state index is 12.1. The van der Waals surface area contributed by atoms with E-state index in [0.29, 0.717) is 24.4 Å². The lowest BCUT2D eigenvalue weighted by atomic mass is 10.2. The first-order valence-corrected chi connectivity index (χ1v) is 7.67. The van der Waals surface area contributed by atoms with Crippen molar-refractivity contribution in [2.24, 2.45) is 0 Å². The molecule has 2 aromatic rings. The molecular formula is C18H21ClN2O3. The van der Waals surface area contributed by atoms with E-state index in [1.165, 1.54) is 5.56 Å². The number of hydrogen-bond donors (Lipinski definition) is 3. The van der Waals surface area contributed by atoms with Gasteiger partial charge >= 0.3 is 0 Å². The number of aliphatic hydroxyl groups is 1. The maximum Gasteiger partial charge on any atom is 0.241 e. The quantitative estimate of drug-likeness (QED) is 0.794. The molecule has 1 fully saturated rings. The third-order valence-electron chi connectivity index (χ3n) is 3.80. The Morgan fingerprint density at radius 1 is 1.12 bits per heavy atom. The third kappa shape index (κ3) is 4.71. The Hall–Kier alpha value is -2.08. The fourth-order valence-electron chi connectivity index (χ4n) is 2.49. The second-order valence-corrected chi connectivity index (χ2v) is 5.78. The molecule has 1 aliphatic heterocycles. The molecule has 3 rings (SSSR count). The van der Waals surface area contributed by atoms with Crippen molar-refractivity contribution in [1.82, 2.24) is 5.32 Å². The molecule has 5 nitrogen and oxygen atoms in total. The van der Waals surface area contributed by atoms with Crippen molar-refractivity contribution < 1.29 is 14.6 Å². The Morgan fingerprint density at radius 2 is 1.71 bits per heavy atom.